The van der Waals surface area contributed by atoms with Gasteiger partial charge in [-0.25, -0.2) is 0 Å². The van der Waals surface area contributed by atoms with Crippen molar-refractivity contribution in [1.82, 2.24) is 5.32 Å². The first kappa shape index (κ1) is 13.1. The first-order chi connectivity index (χ1) is 8.58. The summed E-state index contributed by atoms with van der Waals surface area (Å²) in [4.78, 5) is 11.8. The molecule has 1 aliphatic rings. The highest BCUT2D eigenvalue weighted by Crippen LogP contribution is 2.47. The van der Waals surface area contributed by atoms with Crippen molar-refractivity contribution in [1.29, 1.82) is 0 Å². The third-order valence-electron chi connectivity index (χ3n) is 3.29. The fourth-order valence-electron chi connectivity index (χ4n) is 2.28. The number of hydrogen-bond acceptors (Lipinski definition) is 3. The predicted molar refractivity (Wildman–Crippen MR) is 68.0 cm³/mol. The summed E-state index contributed by atoms with van der Waals surface area (Å²) in [5, 5.41) is 12.5. The van der Waals surface area contributed by atoms with E-state index < -0.39 is 6.10 Å². The number of rotatable bonds is 6. The molecule has 1 saturated carbocycles. The molecule has 4 nitrogen and oxygen atoms in total. The van der Waals surface area contributed by atoms with Crippen LogP contribution in [-0.2, 0) is 4.79 Å². The molecule has 0 radical (unpaired) electrons. The summed E-state index contributed by atoms with van der Waals surface area (Å²) in [6.45, 7) is 4.45. The Morgan fingerprint density at radius 2 is 2.39 bits per heavy atom. The van der Waals surface area contributed by atoms with Crippen molar-refractivity contribution in [3.63, 3.8) is 0 Å². The van der Waals surface area contributed by atoms with E-state index in [9.17, 15) is 9.90 Å². The van der Waals surface area contributed by atoms with Crippen LogP contribution in [0.2, 0.25) is 0 Å². The molecule has 4 heteroatoms. The molecule has 1 aliphatic carbocycles. The van der Waals surface area contributed by atoms with Crippen LogP contribution in [-0.4, -0.2) is 23.7 Å². The molecule has 3 unspecified atom stereocenters. The Bertz CT molecular complexity index is 386. The maximum atomic E-state index is 11.8. The second kappa shape index (κ2) is 5.57. The highest BCUT2D eigenvalue weighted by Gasteiger charge is 2.45. The monoisotopic (exact) mass is 251 g/mol. The molecule has 1 fully saturated rings. The quantitative estimate of drug-likeness (QED) is 0.811. The van der Waals surface area contributed by atoms with Gasteiger partial charge >= 0.3 is 0 Å². The molecule has 0 saturated heterocycles. The summed E-state index contributed by atoms with van der Waals surface area (Å²) in [6.07, 6.45) is 2.75. The van der Waals surface area contributed by atoms with E-state index in [2.05, 4.69) is 19.2 Å². The number of aliphatic hydroxyl groups is 1. The zero-order valence-corrected chi connectivity index (χ0v) is 10.9. The van der Waals surface area contributed by atoms with Crippen LogP contribution in [0.25, 0.3) is 0 Å². The van der Waals surface area contributed by atoms with Gasteiger partial charge in [0.1, 0.15) is 5.76 Å². The minimum atomic E-state index is -0.449. The van der Waals surface area contributed by atoms with Crippen LogP contribution in [0.3, 0.4) is 0 Å². The van der Waals surface area contributed by atoms with Crippen LogP contribution in [0.4, 0.5) is 0 Å². The molecule has 18 heavy (non-hydrogen) atoms. The van der Waals surface area contributed by atoms with Crippen LogP contribution in [0, 0.1) is 11.8 Å². The Balaban J connectivity index is 1.71. The number of hydrogen-bond donors (Lipinski definition) is 2. The predicted octanol–water partition coefficient (Wildman–Crippen LogP) is 1.91. The van der Waals surface area contributed by atoms with E-state index in [0.29, 0.717) is 18.9 Å². The molecule has 1 aromatic rings. The number of nitrogens with one attached hydrogen (secondary N) is 1. The number of amides is 1. The van der Waals surface area contributed by atoms with E-state index in [1.54, 1.807) is 6.26 Å². The lowest BCUT2D eigenvalue weighted by Crippen LogP contribution is -2.34. The number of carbonyl (C=O) groups excluding carboxylic acids is 1. The number of aliphatic hydroxyl groups excluding tert-OH is 1. The molecule has 2 N–H and O–H groups in total. The normalized spacial score (nSPS) is 24.0. The lowest BCUT2D eigenvalue weighted by Gasteiger charge is -2.13. The van der Waals surface area contributed by atoms with Gasteiger partial charge < -0.3 is 14.8 Å². The van der Waals surface area contributed by atoms with E-state index in [4.69, 9.17) is 4.42 Å². The summed E-state index contributed by atoms with van der Waals surface area (Å²) in [6, 6.07) is 3.75. The third kappa shape index (κ3) is 3.35. The van der Waals surface area contributed by atoms with Gasteiger partial charge in [-0.1, -0.05) is 13.8 Å². The number of furan rings is 1. The molecule has 2 rings (SSSR count). The van der Waals surface area contributed by atoms with Crippen molar-refractivity contribution in [2.24, 2.45) is 11.8 Å². The fraction of sp³-hybridized carbons (Fsp3) is 0.643. The van der Waals surface area contributed by atoms with E-state index in [0.717, 1.165) is 12.2 Å². The minimum absolute atomic E-state index is 0.0161. The summed E-state index contributed by atoms with van der Waals surface area (Å²) >= 11 is 0. The van der Waals surface area contributed by atoms with Crippen molar-refractivity contribution in [3.05, 3.63) is 24.2 Å². The first-order valence-electron chi connectivity index (χ1n) is 6.57. The van der Waals surface area contributed by atoms with Gasteiger partial charge in [0.05, 0.1) is 12.4 Å². The molecule has 100 valence electrons. The standard InChI is InChI=1S/C14H21NO3/c1-9(2)6-10(16)8-15-14(17)12-7-11(12)13-4-3-5-18-13/h3-5,9-12,16H,6-8H2,1-2H3,(H,15,17). The lowest BCUT2D eigenvalue weighted by atomic mass is 10.1. The molecular weight excluding hydrogens is 230 g/mol. The minimum Gasteiger partial charge on any atom is -0.469 e. The molecule has 3 atom stereocenters. The Labute approximate surface area is 107 Å². The van der Waals surface area contributed by atoms with Gasteiger partial charge in [-0.2, -0.15) is 0 Å². The van der Waals surface area contributed by atoms with E-state index in [1.165, 1.54) is 0 Å². The van der Waals surface area contributed by atoms with Crippen LogP contribution >= 0.6 is 0 Å². The van der Waals surface area contributed by atoms with Gasteiger partial charge in [0, 0.05) is 18.4 Å². The van der Waals surface area contributed by atoms with Gasteiger partial charge in [0.15, 0.2) is 0 Å². The van der Waals surface area contributed by atoms with Crippen molar-refractivity contribution in [3.8, 4) is 0 Å². The van der Waals surface area contributed by atoms with Crippen molar-refractivity contribution < 1.29 is 14.3 Å². The topological polar surface area (TPSA) is 62.5 Å². The Morgan fingerprint density at radius 1 is 1.61 bits per heavy atom. The molecule has 1 amide bonds. The van der Waals surface area contributed by atoms with Crippen LogP contribution < -0.4 is 5.32 Å². The zero-order valence-electron chi connectivity index (χ0n) is 10.9. The van der Waals surface area contributed by atoms with Gasteiger partial charge in [0.25, 0.3) is 0 Å². The van der Waals surface area contributed by atoms with E-state index in [1.807, 2.05) is 12.1 Å². The molecule has 0 aromatic carbocycles. The molecule has 0 aliphatic heterocycles. The number of carbonyl (C=O) groups is 1. The van der Waals surface area contributed by atoms with Crippen molar-refractivity contribution >= 4 is 5.91 Å². The first-order valence-corrected chi connectivity index (χ1v) is 6.57. The van der Waals surface area contributed by atoms with Crippen molar-refractivity contribution in [2.45, 2.75) is 38.7 Å². The van der Waals surface area contributed by atoms with Gasteiger partial charge in [-0.15, -0.1) is 0 Å². The molecule has 1 heterocycles. The highest BCUT2D eigenvalue weighted by atomic mass is 16.3. The van der Waals surface area contributed by atoms with Crippen LogP contribution in [0.5, 0.6) is 0 Å². The molecule has 1 aromatic heterocycles. The molecule has 0 spiro atoms. The van der Waals surface area contributed by atoms with Crippen LogP contribution in [0.15, 0.2) is 22.8 Å². The average molecular weight is 251 g/mol. The van der Waals surface area contributed by atoms with E-state index in [-0.39, 0.29) is 17.7 Å². The highest BCUT2D eigenvalue weighted by molar-refractivity contribution is 5.82. The second-order valence-electron chi connectivity index (χ2n) is 5.49. The smallest absolute Gasteiger partial charge is 0.223 e. The van der Waals surface area contributed by atoms with Crippen molar-refractivity contribution in [2.75, 3.05) is 6.54 Å². The second-order valence-corrected chi connectivity index (χ2v) is 5.49. The lowest BCUT2D eigenvalue weighted by molar-refractivity contribution is -0.122. The van der Waals surface area contributed by atoms with Gasteiger partial charge in [-0.3, -0.25) is 4.79 Å². The van der Waals surface area contributed by atoms with Crippen LogP contribution in [0.1, 0.15) is 38.4 Å². The maximum Gasteiger partial charge on any atom is 0.223 e. The molecule has 0 bridgehead atoms. The summed E-state index contributed by atoms with van der Waals surface area (Å²) in [7, 11) is 0. The SMILES string of the molecule is CC(C)CC(O)CNC(=O)C1CC1c1ccco1. The summed E-state index contributed by atoms with van der Waals surface area (Å²) in [5.74, 6) is 1.59. The Hall–Kier alpha value is -1.29. The molecular formula is C14H21NO3. The third-order valence-corrected chi connectivity index (χ3v) is 3.29. The summed E-state index contributed by atoms with van der Waals surface area (Å²) < 4.78 is 5.29. The maximum absolute atomic E-state index is 11.8. The Morgan fingerprint density at radius 3 is 3.00 bits per heavy atom. The largest absolute Gasteiger partial charge is 0.469 e. The average Bonchev–Trinajstić information content (AvgIpc) is 2.92. The Kier molecular flexibility index (Phi) is 4.07. The summed E-state index contributed by atoms with van der Waals surface area (Å²) in [5.41, 5.74) is 0. The van der Waals surface area contributed by atoms with Gasteiger partial charge in [-0.05, 0) is 30.9 Å². The zero-order chi connectivity index (χ0) is 13.1. The van der Waals surface area contributed by atoms with Gasteiger partial charge in [0.2, 0.25) is 5.91 Å². The van der Waals surface area contributed by atoms with E-state index >= 15 is 0 Å². The fourth-order valence-corrected chi connectivity index (χ4v) is 2.28.